The quantitative estimate of drug-likeness (QED) is 0.778. The van der Waals surface area contributed by atoms with Crippen LogP contribution in [0, 0.1) is 0 Å². The number of rotatable bonds is 6. The highest BCUT2D eigenvalue weighted by molar-refractivity contribution is 9.11. The number of halogens is 1. The number of amides is 2. The van der Waals surface area contributed by atoms with Gasteiger partial charge in [-0.15, -0.1) is 11.3 Å². The molecule has 0 radical (unpaired) electrons. The average molecular weight is 381 g/mol. The van der Waals surface area contributed by atoms with Crippen LogP contribution in [-0.2, 0) is 16.0 Å². The van der Waals surface area contributed by atoms with Crippen molar-refractivity contribution in [1.29, 1.82) is 0 Å². The Labute approximate surface area is 142 Å². The third-order valence-corrected chi connectivity index (χ3v) is 4.61. The van der Waals surface area contributed by atoms with Crippen LogP contribution in [0.15, 0.2) is 40.2 Å². The summed E-state index contributed by atoms with van der Waals surface area (Å²) in [5, 5.41) is 5.54. The van der Waals surface area contributed by atoms with Crippen LogP contribution < -0.4 is 10.6 Å². The summed E-state index contributed by atoms with van der Waals surface area (Å²) < 4.78 is 1.11. The van der Waals surface area contributed by atoms with Crippen molar-refractivity contribution in [1.82, 2.24) is 0 Å². The van der Waals surface area contributed by atoms with Crippen LogP contribution in [0.1, 0.15) is 24.6 Å². The van der Waals surface area contributed by atoms with E-state index in [1.807, 2.05) is 6.07 Å². The van der Waals surface area contributed by atoms with Gasteiger partial charge in [-0.1, -0.05) is 6.07 Å². The molecule has 0 aliphatic rings. The Morgan fingerprint density at radius 3 is 2.50 bits per heavy atom. The van der Waals surface area contributed by atoms with Gasteiger partial charge in [0.1, 0.15) is 0 Å². The van der Waals surface area contributed by atoms with Crippen LogP contribution in [0.25, 0.3) is 0 Å². The largest absolute Gasteiger partial charge is 0.326 e. The van der Waals surface area contributed by atoms with Crippen molar-refractivity contribution in [2.75, 3.05) is 10.6 Å². The second-order valence-corrected chi connectivity index (χ2v) is 7.42. The molecule has 1 aromatic carbocycles. The van der Waals surface area contributed by atoms with Crippen molar-refractivity contribution < 1.29 is 9.59 Å². The highest BCUT2D eigenvalue weighted by atomic mass is 79.9. The van der Waals surface area contributed by atoms with Crippen LogP contribution in [0.3, 0.4) is 0 Å². The van der Waals surface area contributed by atoms with Crippen molar-refractivity contribution in [3.8, 4) is 0 Å². The smallest absolute Gasteiger partial charge is 0.224 e. The summed E-state index contributed by atoms with van der Waals surface area (Å²) in [6, 6.07) is 11.2. The third-order valence-electron chi connectivity index (χ3n) is 2.92. The van der Waals surface area contributed by atoms with Crippen molar-refractivity contribution in [3.63, 3.8) is 0 Å². The Balaban J connectivity index is 1.80. The van der Waals surface area contributed by atoms with Gasteiger partial charge in [0, 0.05) is 29.6 Å². The van der Waals surface area contributed by atoms with Crippen LogP contribution >= 0.6 is 27.3 Å². The van der Waals surface area contributed by atoms with Crippen LogP contribution in [-0.4, -0.2) is 11.8 Å². The average Bonchev–Trinajstić information content (AvgIpc) is 2.84. The summed E-state index contributed by atoms with van der Waals surface area (Å²) >= 11 is 5.13. The Kier molecular flexibility index (Phi) is 6.15. The molecule has 0 spiro atoms. The maximum atomic E-state index is 11.9. The van der Waals surface area contributed by atoms with E-state index in [0.717, 1.165) is 16.6 Å². The molecule has 2 N–H and O–H groups in total. The predicted octanol–water partition coefficient (Wildman–Crippen LogP) is 4.43. The van der Waals surface area contributed by atoms with E-state index < -0.39 is 0 Å². The molecule has 2 amide bonds. The number of benzene rings is 1. The summed E-state index contributed by atoms with van der Waals surface area (Å²) in [7, 11) is 0. The molecule has 2 rings (SSSR count). The highest BCUT2D eigenvalue weighted by Gasteiger charge is 2.05. The van der Waals surface area contributed by atoms with E-state index in [1.165, 1.54) is 11.8 Å². The Morgan fingerprint density at radius 2 is 1.86 bits per heavy atom. The van der Waals surface area contributed by atoms with Gasteiger partial charge in [-0.3, -0.25) is 9.59 Å². The normalized spacial score (nSPS) is 10.3. The van der Waals surface area contributed by atoms with Gasteiger partial charge in [-0.2, -0.15) is 0 Å². The molecule has 0 aliphatic heterocycles. The molecular weight excluding hydrogens is 364 g/mol. The maximum Gasteiger partial charge on any atom is 0.224 e. The summed E-state index contributed by atoms with van der Waals surface area (Å²) in [5.74, 6) is -0.152. The molecule has 116 valence electrons. The fourth-order valence-electron chi connectivity index (χ4n) is 2.01. The van der Waals surface area contributed by atoms with E-state index in [4.69, 9.17) is 0 Å². The van der Waals surface area contributed by atoms with Gasteiger partial charge in [0.25, 0.3) is 0 Å². The molecule has 0 atom stereocenters. The summed E-state index contributed by atoms with van der Waals surface area (Å²) in [5.41, 5.74) is 1.36. The first kappa shape index (κ1) is 16.7. The monoisotopic (exact) mass is 380 g/mol. The molecule has 0 fully saturated rings. The number of carbonyl (C=O) groups excluding carboxylic acids is 2. The molecule has 0 bridgehead atoms. The number of nitrogens with one attached hydrogen (secondary N) is 2. The predicted molar refractivity (Wildman–Crippen MR) is 94.3 cm³/mol. The Bertz CT molecular complexity index is 670. The van der Waals surface area contributed by atoms with Gasteiger partial charge in [0.15, 0.2) is 0 Å². The van der Waals surface area contributed by atoms with Gasteiger partial charge in [0.05, 0.1) is 3.79 Å². The van der Waals surface area contributed by atoms with Gasteiger partial charge < -0.3 is 10.6 Å². The van der Waals surface area contributed by atoms with E-state index in [1.54, 1.807) is 35.6 Å². The van der Waals surface area contributed by atoms with E-state index in [-0.39, 0.29) is 11.8 Å². The highest BCUT2D eigenvalue weighted by Crippen LogP contribution is 2.23. The van der Waals surface area contributed by atoms with Crippen LogP contribution in [0.4, 0.5) is 11.4 Å². The number of anilines is 2. The lowest BCUT2D eigenvalue weighted by Crippen LogP contribution is -2.12. The molecule has 4 nitrogen and oxygen atoms in total. The lowest BCUT2D eigenvalue weighted by Gasteiger charge is -2.07. The van der Waals surface area contributed by atoms with Gasteiger partial charge >= 0.3 is 0 Å². The lowest BCUT2D eigenvalue weighted by atomic mass is 10.2. The summed E-state index contributed by atoms with van der Waals surface area (Å²) in [4.78, 5) is 24.2. The first-order chi connectivity index (χ1) is 10.5. The second kappa shape index (κ2) is 8.10. The molecule has 0 aliphatic carbocycles. The molecule has 1 heterocycles. The van der Waals surface area contributed by atoms with Crippen molar-refractivity contribution in [2.45, 2.75) is 26.2 Å². The van der Waals surface area contributed by atoms with E-state index >= 15 is 0 Å². The molecule has 2 aromatic rings. The number of thiophene rings is 1. The fraction of sp³-hybridized carbons (Fsp3) is 0.250. The fourth-order valence-corrected chi connectivity index (χ4v) is 3.54. The molecule has 0 saturated carbocycles. The van der Waals surface area contributed by atoms with Gasteiger partial charge in [-0.05, 0) is 59.1 Å². The first-order valence-corrected chi connectivity index (χ1v) is 8.55. The summed E-state index contributed by atoms with van der Waals surface area (Å²) in [6.07, 6.45) is 2.18. The SMILES string of the molecule is CC(=O)Nc1cccc(NC(=O)CCCc2ccc(Br)s2)c1. The minimum atomic E-state index is -0.134. The molecule has 0 saturated heterocycles. The number of carbonyl (C=O) groups is 2. The summed E-state index contributed by atoms with van der Waals surface area (Å²) in [6.45, 7) is 1.45. The zero-order valence-corrected chi connectivity index (χ0v) is 14.6. The van der Waals surface area contributed by atoms with Gasteiger partial charge in [0.2, 0.25) is 11.8 Å². The number of hydrogen-bond acceptors (Lipinski definition) is 3. The lowest BCUT2D eigenvalue weighted by molar-refractivity contribution is -0.116. The molecule has 6 heteroatoms. The first-order valence-electron chi connectivity index (χ1n) is 6.94. The zero-order valence-electron chi connectivity index (χ0n) is 12.2. The molecule has 1 aromatic heterocycles. The maximum absolute atomic E-state index is 11.9. The number of aryl methyl sites for hydroxylation is 1. The molecule has 0 unspecified atom stereocenters. The van der Waals surface area contributed by atoms with Gasteiger partial charge in [-0.25, -0.2) is 0 Å². The third kappa shape index (κ3) is 5.61. The Morgan fingerprint density at radius 1 is 1.14 bits per heavy atom. The minimum absolute atomic E-state index is 0.0180. The second-order valence-electron chi connectivity index (χ2n) is 4.87. The van der Waals surface area contributed by atoms with E-state index in [2.05, 4.69) is 32.6 Å². The van der Waals surface area contributed by atoms with E-state index in [9.17, 15) is 9.59 Å². The van der Waals surface area contributed by atoms with Crippen LogP contribution in [0.2, 0.25) is 0 Å². The zero-order chi connectivity index (χ0) is 15.9. The van der Waals surface area contributed by atoms with Crippen LogP contribution in [0.5, 0.6) is 0 Å². The van der Waals surface area contributed by atoms with Crippen molar-refractivity contribution >= 4 is 50.5 Å². The molecule has 22 heavy (non-hydrogen) atoms. The topological polar surface area (TPSA) is 58.2 Å². The minimum Gasteiger partial charge on any atom is -0.326 e. The van der Waals surface area contributed by atoms with E-state index in [0.29, 0.717) is 17.8 Å². The van der Waals surface area contributed by atoms with Crippen molar-refractivity contribution in [3.05, 3.63) is 45.1 Å². The molecular formula is C16H17BrN2O2S. The number of hydrogen-bond donors (Lipinski definition) is 2. The Hall–Kier alpha value is -1.66. The standard InChI is InChI=1S/C16H17BrN2O2S/c1-11(20)18-12-4-2-5-13(10-12)19-16(21)7-3-6-14-8-9-15(17)22-14/h2,4-5,8-10H,3,6-7H2,1H3,(H,18,20)(H,19,21). The van der Waals surface area contributed by atoms with Crippen molar-refractivity contribution in [2.24, 2.45) is 0 Å².